The minimum absolute atomic E-state index is 0.00509. The van der Waals surface area contributed by atoms with E-state index in [-0.39, 0.29) is 24.7 Å². The maximum absolute atomic E-state index is 13.2. The smallest absolute Gasteiger partial charge is 0.326 e. The van der Waals surface area contributed by atoms with Gasteiger partial charge < -0.3 is 36.9 Å². The Morgan fingerprint density at radius 2 is 1.50 bits per heavy atom. The summed E-state index contributed by atoms with van der Waals surface area (Å²) in [4.78, 5) is 53.2. The van der Waals surface area contributed by atoms with E-state index in [1.54, 1.807) is 20.0 Å². The van der Waals surface area contributed by atoms with Gasteiger partial charge in [0.2, 0.25) is 17.7 Å². The Morgan fingerprint density at radius 1 is 0.917 bits per heavy atom. The van der Waals surface area contributed by atoms with Gasteiger partial charge in [0.1, 0.15) is 18.1 Å². The second-order valence-corrected chi connectivity index (χ2v) is 9.67. The Kier molecular flexibility index (Phi) is 10.4. The van der Waals surface area contributed by atoms with Crippen LogP contribution >= 0.6 is 0 Å². The van der Waals surface area contributed by atoms with Crippen LogP contribution in [0.15, 0.2) is 30.5 Å². The third kappa shape index (κ3) is 7.79. The fourth-order valence-electron chi connectivity index (χ4n) is 3.73. The number of aromatic nitrogens is 1. The zero-order valence-electron chi connectivity index (χ0n) is 21.1. The first kappa shape index (κ1) is 28.8. The van der Waals surface area contributed by atoms with E-state index in [4.69, 9.17) is 5.73 Å². The number of fused-ring (bicyclic) bond motifs is 1. The molecule has 0 bridgehead atoms. The third-order valence-electron chi connectivity index (χ3n) is 5.89. The van der Waals surface area contributed by atoms with E-state index in [2.05, 4.69) is 20.9 Å². The number of hydrogen-bond donors (Lipinski definition) is 7. The van der Waals surface area contributed by atoms with Crippen molar-refractivity contribution in [2.75, 3.05) is 6.61 Å². The van der Waals surface area contributed by atoms with Crippen molar-refractivity contribution in [1.29, 1.82) is 0 Å². The Bertz CT molecular complexity index is 1070. The van der Waals surface area contributed by atoms with Crippen molar-refractivity contribution in [3.63, 3.8) is 0 Å². The molecule has 0 saturated carbocycles. The number of aliphatic carboxylic acids is 1. The number of benzene rings is 1. The van der Waals surface area contributed by atoms with Crippen LogP contribution in [0.1, 0.15) is 39.7 Å². The van der Waals surface area contributed by atoms with Crippen LogP contribution in [0.5, 0.6) is 0 Å². The molecule has 4 atom stereocenters. The molecule has 3 amide bonds. The van der Waals surface area contributed by atoms with Gasteiger partial charge in [-0.2, -0.15) is 0 Å². The molecule has 0 aliphatic carbocycles. The van der Waals surface area contributed by atoms with Crippen molar-refractivity contribution in [2.24, 2.45) is 17.6 Å². The molecule has 2 rings (SSSR count). The maximum Gasteiger partial charge on any atom is 0.326 e. The number of rotatable bonds is 13. The number of para-hydroxylation sites is 1. The van der Waals surface area contributed by atoms with Crippen LogP contribution in [0.4, 0.5) is 0 Å². The molecule has 0 saturated heterocycles. The zero-order valence-corrected chi connectivity index (χ0v) is 21.1. The number of H-pyrrole nitrogens is 1. The standard InChI is InChI=1S/C25H37N5O6/c1-13(2)9-19(25(35)36)29-23(33)20(12-31)30-22(32)18(28-24(34)21(26)14(3)4)10-15-11-27-17-8-6-5-7-16(15)17/h5-8,11,13-14,18-21,27,31H,9-10,12,26H2,1-4H3,(H,28,34)(H,29,33)(H,30,32)(H,35,36). The van der Waals surface area contributed by atoms with Crippen molar-refractivity contribution >= 4 is 34.6 Å². The molecule has 36 heavy (non-hydrogen) atoms. The number of carbonyl (C=O) groups is 4. The predicted molar refractivity (Wildman–Crippen MR) is 135 cm³/mol. The number of hydrogen-bond acceptors (Lipinski definition) is 6. The van der Waals surface area contributed by atoms with Crippen molar-refractivity contribution < 1.29 is 29.4 Å². The van der Waals surface area contributed by atoms with E-state index >= 15 is 0 Å². The molecule has 8 N–H and O–H groups in total. The lowest BCUT2D eigenvalue weighted by atomic mass is 10.0. The summed E-state index contributed by atoms with van der Waals surface area (Å²) in [5.41, 5.74) is 7.58. The first-order valence-corrected chi connectivity index (χ1v) is 12.0. The highest BCUT2D eigenvalue weighted by atomic mass is 16.4. The van der Waals surface area contributed by atoms with Crippen LogP contribution in [0, 0.1) is 11.8 Å². The zero-order chi connectivity index (χ0) is 27.0. The highest BCUT2D eigenvalue weighted by Crippen LogP contribution is 2.19. The molecule has 0 aliphatic heterocycles. The van der Waals surface area contributed by atoms with Gasteiger partial charge in [0, 0.05) is 23.5 Å². The minimum atomic E-state index is -1.41. The number of aliphatic hydroxyl groups is 1. The van der Waals surface area contributed by atoms with Crippen molar-refractivity contribution in [1.82, 2.24) is 20.9 Å². The minimum Gasteiger partial charge on any atom is -0.480 e. The lowest BCUT2D eigenvalue weighted by Crippen LogP contribution is -2.59. The predicted octanol–water partition coefficient (Wildman–Crippen LogP) is 0.271. The van der Waals surface area contributed by atoms with Crippen LogP contribution < -0.4 is 21.7 Å². The van der Waals surface area contributed by atoms with Crippen molar-refractivity contribution in [3.05, 3.63) is 36.0 Å². The average Bonchev–Trinajstić information content (AvgIpc) is 3.23. The van der Waals surface area contributed by atoms with Crippen molar-refractivity contribution in [3.8, 4) is 0 Å². The summed E-state index contributed by atoms with van der Waals surface area (Å²) in [6.07, 6.45) is 2.01. The molecule has 1 aromatic carbocycles. The maximum atomic E-state index is 13.2. The molecule has 0 fully saturated rings. The molecule has 0 radical (unpaired) electrons. The van der Waals surface area contributed by atoms with E-state index in [0.29, 0.717) is 0 Å². The molecule has 4 unspecified atom stereocenters. The molecule has 11 heteroatoms. The molecular weight excluding hydrogens is 466 g/mol. The largest absolute Gasteiger partial charge is 0.480 e. The van der Waals surface area contributed by atoms with Crippen LogP contribution in [0.2, 0.25) is 0 Å². The van der Waals surface area contributed by atoms with E-state index in [0.717, 1.165) is 16.5 Å². The Balaban J connectivity index is 2.23. The monoisotopic (exact) mass is 503 g/mol. The second-order valence-electron chi connectivity index (χ2n) is 9.67. The fraction of sp³-hybridized carbons (Fsp3) is 0.520. The summed E-state index contributed by atoms with van der Waals surface area (Å²) in [5.74, 6) is -3.48. The number of carboxylic acids is 1. The Hall–Kier alpha value is -3.44. The Labute approximate surface area is 210 Å². The highest BCUT2D eigenvalue weighted by molar-refractivity contribution is 5.95. The van der Waals surface area contributed by atoms with E-state index in [1.165, 1.54) is 0 Å². The van der Waals surface area contributed by atoms with Crippen molar-refractivity contribution in [2.45, 2.75) is 64.7 Å². The highest BCUT2D eigenvalue weighted by Gasteiger charge is 2.31. The van der Waals surface area contributed by atoms with Gasteiger partial charge in [0.25, 0.3) is 0 Å². The summed E-state index contributed by atoms with van der Waals surface area (Å²) < 4.78 is 0. The number of amides is 3. The molecule has 0 aliphatic rings. The van der Waals surface area contributed by atoms with Crippen LogP contribution in [-0.2, 0) is 25.6 Å². The first-order chi connectivity index (χ1) is 16.9. The van der Waals surface area contributed by atoms with Gasteiger partial charge in [0.05, 0.1) is 12.6 Å². The van der Waals surface area contributed by atoms with Gasteiger partial charge in [-0.1, -0.05) is 45.9 Å². The number of nitrogens with two attached hydrogens (primary N) is 1. The first-order valence-electron chi connectivity index (χ1n) is 12.0. The molecule has 11 nitrogen and oxygen atoms in total. The van der Waals surface area contributed by atoms with Gasteiger partial charge in [-0.05, 0) is 29.9 Å². The average molecular weight is 504 g/mol. The summed E-state index contributed by atoms with van der Waals surface area (Å²) in [6, 6.07) is 2.93. The van der Waals surface area contributed by atoms with Gasteiger partial charge in [0.15, 0.2) is 0 Å². The van der Waals surface area contributed by atoms with E-state index < -0.39 is 54.5 Å². The van der Waals surface area contributed by atoms with Gasteiger partial charge in [-0.3, -0.25) is 14.4 Å². The van der Waals surface area contributed by atoms with Gasteiger partial charge >= 0.3 is 5.97 Å². The summed E-state index contributed by atoms with van der Waals surface area (Å²) in [7, 11) is 0. The molecular formula is C25H37N5O6. The number of carbonyl (C=O) groups excluding carboxylic acids is 3. The number of carboxylic acid groups (broad SMARTS) is 1. The van der Waals surface area contributed by atoms with E-state index in [9.17, 15) is 29.4 Å². The normalized spacial score (nSPS) is 14.8. The summed E-state index contributed by atoms with van der Waals surface area (Å²) >= 11 is 0. The summed E-state index contributed by atoms with van der Waals surface area (Å²) in [6.45, 7) is 6.42. The van der Waals surface area contributed by atoms with Gasteiger partial charge in [-0.25, -0.2) is 4.79 Å². The van der Waals surface area contributed by atoms with Gasteiger partial charge in [-0.15, -0.1) is 0 Å². The molecule has 0 spiro atoms. The third-order valence-corrected chi connectivity index (χ3v) is 5.89. The SMILES string of the molecule is CC(C)CC(NC(=O)C(CO)NC(=O)C(Cc1c[nH]c2ccccc12)NC(=O)C(N)C(C)C)C(=O)O. The molecule has 2 aromatic rings. The molecule has 1 heterocycles. The second kappa shape index (κ2) is 13.0. The van der Waals surface area contributed by atoms with Crippen LogP contribution in [-0.4, -0.2) is 69.7 Å². The lowest BCUT2D eigenvalue weighted by Gasteiger charge is -2.25. The molecule has 198 valence electrons. The fourth-order valence-corrected chi connectivity index (χ4v) is 3.73. The quantitative estimate of drug-likeness (QED) is 0.204. The number of aliphatic hydroxyl groups excluding tert-OH is 1. The number of aromatic amines is 1. The topological polar surface area (TPSA) is 187 Å². The Morgan fingerprint density at radius 3 is 2.08 bits per heavy atom. The molecule has 1 aromatic heterocycles. The van der Waals surface area contributed by atoms with E-state index in [1.807, 2.05) is 38.1 Å². The van der Waals surface area contributed by atoms with Crippen LogP contribution in [0.3, 0.4) is 0 Å². The lowest BCUT2D eigenvalue weighted by molar-refractivity contribution is -0.143. The summed E-state index contributed by atoms with van der Waals surface area (Å²) in [5, 5.41) is 27.5. The number of nitrogens with one attached hydrogen (secondary N) is 4. The van der Waals surface area contributed by atoms with Crippen LogP contribution in [0.25, 0.3) is 10.9 Å².